The Labute approximate surface area is 147 Å². The van der Waals surface area contributed by atoms with E-state index < -0.39 is 35.9 Å². The SMILES string of the molecule is O=C(c1cccc(S(=O)(=O)O)c1)N([As])c1ccccc1S(=O)(=O)O. The Morgan fingerprint density at radius 2 is 1.54 bits per heavy atom. The van der Waals surface area contributed by atoms with Crippen molar-refractivity contribution in [3.63, 3.8) is 0 Å². The van der Waals surface area contributed by atoms with Gasteiger partial charge in [-0.15, -0.1) is 0 Å². The zero-order valence-corrected chi connectivity index (χ0v) is 15.3. The summed E-state index contributed by atoms with van der Waals surface area (Å²) in [6.45, 7) is 0. The van der Waals surface area contributed by atoms with E-state index in [0.29, 0.717) is 0 Å². The zero-order valence-electron chi connectivity index (χ0n) is 11.8. The van der Waals surface area contributed by atoms with Crippen molar-refractivity contribution in [1.29, 1.82) is 0 Å². The fourth-order valence-corrected chi connectivity index (χ4v) is 3.83. The van der Waals surface area contributed by atoms with E-state index in [-0.39, 0.29) is 11.3 Å². The molecule has 126 valence electrons. The van der Waals surface area contributed by atoms with Gasteiger partial charge >= 0.3 is 147 Å². The third-order valence-electron chi connectivity index (χ3n) is 2.94. The van der Waals surface area contributed by atoms with Crippen molar-refractivity contribution in [2.45, 2.75) is 9.79 Å². The monoisotopic (exact) mass is 431 g/mol. The van der Waals surface area contributed by atoms with Crippen LogP contribution < -0.4 is 3.82 Å². The first-order valence-electron chi connectivity index (χ1n) is 6.19. The fraction of sp³-hybridized carbons (Fsp3) is 0. The Balaban J connectivity index is 2.49. The summed E-state index contributed by atoms with van der Waals surface area (Å²) in [5.41, 5.74) is -0.210. The van der Waals surface area contributed by atoms with Crippen LogP contribution in [0.4, 0.5) is 5.69 Å². The van der Waals surface area contributed by atoms with Gasteiger partial charge in [-0.05, 0) is 0 Å². The van der Waals surface area contributed by atoms with Gasteiger partial charge in [0.2, 0.25) is 0 Å². The predicted octanol–water partition coefficient (Wildman–Crippen LogP) is 0.910. The molecule has 2 radical (unpaired) electrons. The van der Waals surface area contributed by atoms with Gasteiger partial charge in [-0.1, -0.05) is 0 Å². The van der Waals surface area contributed by atoms with E-state index in [1.54, 1.807) is 0 Å². The summed E-state index contributed by atoms with van der Waals surface area (Å²) in [5, 5.41) is 0. The van der Waals surface area contributed by atoms with Crippen molar-refractivity contribution in [2.24, 2.45) is 0 Å². The van der Waals surface area contributed by atoms with Crippen LogP contribution in [0.2, 0.25) is 0 Å². The first-order chi connectivity index (χ1) is 11.0. The van der Waals surface area contributed by atoms with Crippen molar-refractivity contribution < 1.29 is 30.7 Å². The van der Waals surface area contributed by atoms with Gasteiger partial charge < -0.3 is 0 Å². The van der Waals surface area contributed by atoms with Gasteiger partial charge in [-0.25, -0.2) is 0 Å². The van der Waals surface area contributed by atoms with Gasteiger partial charge in [-0.2, -0.15) is 0 Å². The molecule has 0 bridgehead atoms. The number of rotatable bonds is 4. The summed E-state index contributed by atoms with van der Waals surface area (Å²) < 4.78 is 64.3. The van der Waals surface area contributed by atoms with Gasteiger partial charge in [0.15, 0.2) is 0 Å². The van der Waals surface area contributed by atoms with E-state index in [2.05, 4.69) is 0 Å². The summed E-state index contributed by atoms with van der Waals surface area (Å²) >= 11 is 1.81. The zero-order chi connectivity index (χ0) is 18.1. The van der Waals surface area contributed by atoms with Crippen molar-refractivity contribution >= 4 is 48.9 Å². The standard InChI is InChI=1S/C13H10AsNO7S2/c14-15(11-6-1-2-7-12(11)24(20,21)22)13(16)9-4-3-5-10(8-9)23(17,18)19/h1-8H,(H,17,18,19)(H,20,21,22). The first-order valence-corrected chi connectivity index (χ1v) is 9.91. The Morgan fingerprint density at radius 1 is 0.917 bits per heavy atom. The molecule has 0 aliphatic rings. The second-order valence-corrected chi connectivity index (χ2v) is 8.21. The van der Waals surface area contributed by atoms with E-state index in [0.717, 1.165) is 22.0 Å². The molecule has 2 N–H and O–H groups in total. The first kappa shape index (κ1) is 18.6. The van der Waals surface area contributed by atoms with Crippen molar-refractivity contribution in [3.8, 4) is 0 Å². The maximum atomic E-state index is 12.5. The topological polar surface area (TPSA) is 129 Å². The number of hydrogen-bond donors (Lipinski definition) is 2. The predicted molar refractivity (Wildman–Crippen MR) is 85.1 cm³/mol. The third kappa shape index (κ3) is 4.03. The number of nitrogens with zero attached hydrogens (tertiary/aromatic N) is 1. The molecular formula is C13H10AsNO7S2. The van der Waals surface area contributed by atoms with Crippen LogP contribution in [0.15, 0.2) is 58.3 Å². The molecule has 1 amide bonds. The third-order valence-corrected chi connectivity index (χ3v) is 5.53. The molecule has 24 heavy (non-hydrogen) atoms. The Bertz CT molecular complexity index is 1000. The summed E-state index contributed by atoms with van der Waals surface area (Å²) in [6, 6.07) is 9.86. The van der Waals surface area contributed by atoms with Gasteiger partial charge in [0.1, 0.15) is 0 Å². The van der Waals surface area contributed by atoms with Crippen LogP contribution in [0.1, 0.15) is 10.4 Å². The molecule has 2 aromatic rings. The van der Waals surface area contributed by atoms with Crippen LogP contribution in [-0.4, -0.2) is 48.9 Å². The normalized spacial score (nSPS) is 12.0. The van der Waals surface area contributed by atoms with Gasteiger partial charge in [-0.3, -0.25) is 0 Å². The molecule has 2 rings (SSSR count). The van der Waals surface area contributed by atoms with Crippen LogP contribution in [-0.2, 0) is 20.2 Å². The molecule has 0 saturated heterocycles. The molecule has 0 heterocycles. The van der Waals surface area contributed by atoms with Crippen LogP contribution in [0, 0.1) is 0 Å². The van der Waals surface area contributed by atoms with Gasteiger partial charge in [0, 0.05) is 0 Å². The van der Waals surface area contributed by atoms with Crippen LogP contribution in [0.3, 0.4) is 0 Å². The number of para-hydroxylation sites is 1. The number of anilines is 1. The number of carbonyl (C=O) groups is 1. The number of amides is 1. The molecule has 0 aromatic heterocycles. The second kappa shape index (κ2) is 6.65. The maximum absolute atomic E-state index is 12.5. The molecule has 0 aliphatic carbocycles. The minimum atomic E-state index is -4.57. The molecule has 0 atom stereocenters. The second-order valence-electron chi connectivity index (χ2n) is 4.56. The van der Waals surface area contributed by atoms with Crippen molar-refractivity contribution in [3.05, 3.63) is 54.1 Å². The molecule has 0 aliphatic heterocycles. The van der Waals surface area contributed by atoms with Gasteiger partial charge in [0.05, 0.1) is 0 Å². The molecule has 0 unspecified atom stereocenters. The molecule has 2 aromatic carbocycles. The summed E-state index contributed by atoms with van der Waals surface area (Å²) in [7, 11) is -9.06. The number of carbonyl (C=O) groups excluding carboxylic acids is 1. The Morgan fingerprint density at radius 3 is 2.12 bits per heavy atom. The Kier molecular flexibility index (Phi) is 5.16. The Hall–Kier alpha value is -1.71. The van der Waals surface area contributed by atoms with Crippen molar-refractivity contribution in [1.82, 2.24) is 0 Å². The molecular weight excluding hydrogens is 421 g/mol. The van der Waals surface area contributed by atoms with Gasteiger partial charge in [0.25, 0.3) is 0 Å². The molecule has 0 fully saturated rings. The van der Waals surface area contributed by atoms with E-state index in [9.17, 15) is 26.2 Å². The van der Waals surface area contributed by atoms with Crippen molar-refractivity contribution in [2.75, 3.05) is 3.82 Å². The number of benzene rings is 2. The van der Waals surface area contributed by atoms with E-state index >= 15 is 0 Å². The van der Waals surface area contributed by atoms with E-state index in [4.69, 9.17) is 4.55 Å². The van der Waals surface area contributed by atoms with Crippen LogP contribution in [0.5, 0.6) is 0 Å². The average molecular weight is 431 g/mol. The summed E-state index contributed by atoms with van der Waals surface area (Å²) in [4.78, 5) is 11.5. The molecule has 0 saturated carbocycles. The molecule has 0 spiro atoms. The quantitative estimate of drug-likeness (QED) is 0.544. The molecule has 8 nitrogen and oxygen atoms in total. The summed E-state index contributed by atoms with van der Waals surface area (Å²) in [6.07, 6.45) is 0. The minimum absolute atomic E-state index is 0.101. The van der Waals surface area contributed by atoms with Crippen LogP contribution in [0.25, 0.3) is 0 Å². The van der Waals surface area contributed by atoms with E-state index in [1.165, 1.54) is 30.3 Å². The van der Waals surface area contributed by atoms with Crippen LogP contribution >= 0.6 is 0 Å². The number of hydrogen-bond acceptors (Lipinski definition) is 5. The molecule has 11 heteroatoms. The fourth-order valence-electron chi connectivity index (χ4n) is 1.87. The van der Waals surface area contributed by atoms with E-state index in [1.807, 2.05) is 17.1 Å². The average Bonchev–Trinajstić information content (AvgIpc) is 2.52. The summed E-state index contributed by atoms with van der Waals surface area (Å²) in [5.74, 6) is -0.753.